The molecule has 0 unspecified atom stereocenters. The first-order valence-electron chi connectivity index (χ1n) is 3.34. The van der Waals surface area contributed by atoms with Crippen LogP contribution in [0.2, 0.25) is 0 Å². The molecule has 0 saturated carbocycles. The first kappa shape index (κ1) is 9.46. The van der Waals surface area contributed by atoms with E-state index < -0.39 is 0 Å². The van der Waals surface area contributed by atoms with Crippen LogP contribution in [-0.4, -0.2) is 23.7 Å². The van der Waals surface area contributed by atoms with Crippen LogP contribution in [0.1, 0.15) is 5.56 Å². The van der Waals surface area contributed by atoms with Crippen LogP contribution in [0, 0.1) is 0 Å². The SMILES string of the molecule is COc1nscc1/C=N/N=C(N)N. The molecule has 0 bridgehead atoms. The summed E-state index contributed by atoms with van der Waals surface area (Å²) in [5, 5.41) is 8.84. The average Bonchev–Trinajstić information content (AvgIpc) is 2.51. The van der Waals surface area contributed by atoms with Gasteiger partial charge in [-0.1, -0.05) is 0 Å². The first-order chi connectivity index (χ1) is 6.24. The van der Waals surface area contributed by atoms with Gasteiger partial charge in [-0.2, -0.15) is 9.47 Å². The molecule has 1 rings (SSSR count). The molecule has 7 heteroatoms. The number of guanidine groups is 1. The number of hydrogen-bond donors (Lipinski definition) is 2. The molecule has 0 aliphatic carbocycles. The molecule has 0 aliphatic heterocycles. The van der Waals surface area contributed by atoms with Gasteiger partial charge in [-0.25, -0.2) is 0 Å². The molecule has 13 heavy (non-hydrogen) atoms. The Balaban J connectivity index is 2.73. The van der Waals surface area contributed by atoms with Gasteiger partial charge in [-0.15, -0.1) is 5.10 Å². The van der Waals surface area contributed by atoms with Crippen LogP contribution in [0.5, 0.6) is 5.88 Å². The molecule has 1 aromatic heterocycles. The van der Waals surface area contributed by atoms with Crippen molar-refractivity contribution in [1.29, 1.82) is 0 Å². The van der Waals surface area contributed by atoms with Gasteiger partial charge in [-0.3, -0.25) is 0 Å². The minimum atomic E-state index is -0.0848. The summed E-state index contributed by atoms with van der Waals surface area (Å²) in [5.41, 5.74) is 10.9. The molecule has 0 aromatic carbocycles. The summed E-state index contributed by atoms with van der Waals surface area (Å²) in [5.74, 6) is 0.429. The summed E-state index contributed by atoms with van der Waals surface area (Å²) in [6, 6.07) is 0. The Morgan fingerprint density at radius 3 is 3.08 bits per heavy atom. The Hall–Kier alpha value is -1.63. The van der Waals surface area contributed by atoms with Crippen LogP contribution in [0.4, 0.5) is 0 Å². The highest BCUT2D eigenvalue weighted by atomic mass is 32.1. The van der Waals surface area contributed by atoms with E-state index in [2.05, 4.69) is 14.6 Å². The minimum Gasteiger partial charge on any atom is -0.480 e. The van der Waals surface area contributed by atoms with E-state index in [1.54, 1.807) is 5.38 Å². The monoisotopic (exact) mass is 199 g/mol. The largest absolute Gasteiger partial charge is 0.480 e. The van der Waals surface area contributed by atoms with Crippen molar-refractivity contribution in [2.45, 2.75) is 0 Å². The lowest BCUT2D eigenvalue weighted by atomic mass is 10.4. The zero-order valence-corrected chi connectivity index (χ0v) is 7.78. The van der Waals surface area contributed by atoms with Crippen LogP contribution in [0.15, 0.2) is 15.6 Å². The molecule has 0 aliphatic rings. The molecule has 0 saturated heterocycles. The predicted octanol–water partition coefficient (Wildman–Crippen LogP) is -0.241. The summed E-state index contributed by atoms with van der Waals surface area (Å²) in [7, 11) is 1.53. The predicted molar refractivity (Wildman–Crippen MR) is 52.1 cm³/mol. The molecule has 0 atom stereocenters. The lowest BCUT2D eigenvalue weighted by molar-refractivity contribution is 0.402. The van der Waals surface area contributed by atoms with Gasteiger partial charge in [0.1, 0.15) is 0 Å². The quantitative estimate of drug-likeness (QED) is 0.398. The maximum atomic E-state index is 5.07. The summed E-state index contributed by atoms with van der Waals surface area (Å²) in [6.07, 6.45) is 1.47. The molecule has 0 amide bonds. The summed E-state index contributed by atoms with van der Waals surface area (Å²) in [4.78, 5) is 0. The number of nitrogens with zero attached hydrogens (tertiary/aromatic N) is 3. The Labute approximate surface area is 79.1 Å². The third-order valence-corrected chi connectivity index (χ3v) is 1.76. The molecule has 0 radical (unpaired) electrons. The third-order valence-electron chi connectivity index (χ3n) is 1.13. The van der Waals surface area contributed by atoms with E-state index in [1.165, 1.54) is 24.9 Å². The molecule has 6 nitrogen and oxygen atoms in total. The van der Waals surface area contributed by atoms with Crippen molar-refractivity contribution in [3.8, 4) is 5.88 Å². The van der Waals surface area contributed by atoms with E-state index in [9.17, 15) is 0 Å². The summed E-state index contributed by atoms with van der Waals surface area (Å²) in [6.45, 7) is 0. The number of aromatic nitrogens is 1. The normalized spacial score (nSPS) is 10.2. The molecule has 0 spiro atoms. The van der Waals surface area contributed by atoms with Gasteiger partial charge < -0.3 is 16.2 Å². The maximum absolute atomic E-state index is 5.07. The van der Waals surface area contributed by atoms with Gasteiger partial charge in [0.15, 0.2) is 0 Å². The number of nitrogens with two attached hydrogens (primary N) is 2. The van der Waals surface area contributed by atoms with Gasteiger partial charge >= 0.3 is 0 Å². The first-order valence-corrected chi connectivity index (χ1v) is 4.18. The fourth-order valence-electron chi connectivity index (χ4n) is 0.633. The lowest BCUT2D eigenvalue weighted by Gasteiger charge is -1.92. The van der Waals surface area contributed by atoms with Crippen LogP contribution >= 0.6 is 11.5 Å². The molecule has 4 N–H and O–H groups in total. The van der Waals surface area contributed by atoms with Gasteiger partial charge in [0, 0.05) is 5.38 Å². The van der Waals surface area contributed by atoms with E-state index in [0.717, 1.165) is 5.56 Å². The average molecular weight is 199 g/mol. The van der Waals surface area contributed by atoms with Crippen molar-refractivity contribution < 1.29 is 4.74 Å². The topological polar surface area (TPSA) is 98.9 Å². The highest BCUT2D eigenvalue weighted by molar-refractivity contribution is 7.04. The Morgan fingerprint density at radius 1 is 1.69 bits per heavy atom. The van der Waals surface area contributed by atoms with Gasteiger partial charge in [-0.05, 0) is 11.5 Å². The van der Waals surface area contributed by atoms with Gasteiger partial charge in [0.2, 0.25) is 11.8 Å². The number of hydrogen-bond acceptors (Lipinski definition) is 5. The van der Waals surface area contributed by atoms with Crippen molar-refractivity contribution in [2.24, 2.45) is 21.7 Å². The Bertz CT molecular complexity index is 328. The van der Waals surface area contributed by atoms with Crippen molar-refractivity contribution in [3.63, 3.8) is 0 Å². The molecule has 1 aromatic rings. The number of rotatable bonds is 3. The van der Waals surface area contributed by atoms with Gasteiger partial charge in [0.05, 0.1) is 18.9 Å². The zero-order valence-electron chi connectivity index (χ0n) is 6.97. The molecule has 70 valence electrons. The Kier molecular flexibility index (Phi) is 3.21. The van der Waals surface area contributed by atoms with Gasteiger partial charge in [0.25, 0.3) is 0 Å². The van der Waals surface area contributed by atoms with E-state index in [4.69, 9.17) is 16.2 Å². The van der Waals surface area contributed by atoms with E-state index >= 15 is 0 Å². The number of methoxy groups -OCH3 is 1. The van der Waals surface area contributed by atoms with Crippen molar-refractivity contribution in [1.82, 2.24) is 4.37 Å². The Morgan fingerprint density at radius 2 is 2.46 bits per heavy atom. The van der Waals surface area contributed by atoms with Crippen molar-refractivity contribution in [3.05, 3.63) is 10.9 Å². The highest BCUT2D eigenvalue weighted by Crippen LogP contribution is 2.15. The maximum Gasteiger partial charge on any atom is 0.233 e. The second-order valence-corrected chi connectivity index (χ2v) is 2.68. The second kappa shape index (κ2) is 4.41. The second-order valence-electron chi connectivity index (χ2n) is 2.05. The van der Waals surface area contributed by atoms with E-state index in [-0.39, 0.29) is 5.96 Å². The molecular weight excluding hydrogens is 190 g/mol. The number of ether oxygens (including phenoxy) is 1. The van der Waals surface area contributed by atoms with Crippen LogP contribution in [0.3, 0.4) is 0 Å². The van der Waals surface area contributed by atoms with Crippen LogP contribution in [-0.2, 0) is 0 Å². The summed E-state index contributed by atoms with van der Waals surface area (Å²) < 4.78 is 8.89. The zero-order chi connectivity index (χ0) is 9.68. The summed E-state index contributed by atoms with van der Waals surface area (Å²) >= 11 is 1.27. The fourth-order valence-corrected chi connectivity index (χ4v) is 1.24. The molecule has 1 heterocycles. The van der Waals surface area contributed by atoms with Crippen molar-refractivity contribution in [2.75, 3.05) is 7.11 Å². The minimum absolute atomic E-state index is 0.0848. The molecular formula is C6H9N5OS. The van der Waals surface area contributed by atoms with E-state index in [0.29, 0.717) is 5.88 Å². The molecule has 0 fully saturated rings. The fraction of sp³-hybridized carbons (Fsp3) is 0.167. The van der Waals surface area contributed by atoms with Crippen molar-refractivity contribution >= 4 is 23.7 Å². The standard InChI is InChI=1S/C6H9N5OS/c1-12-5-4(3-13-11-5)2-9-10-6(7)8/h2-3H,1H3,(H4,7,8,10)/b9-2+. The smallest absolute Gasteiger partial charge is 0.233 e. The van der Waals surface area contributed by atoms with Crippen LogP contribution < -0.4 is 16.2 Å². The highest BCUT2D eigenvalue weighted by Gasteiger charge is 2.01. The third kappa shape index (κ3) is 2.71. The van der Waals surface area contributed by atoms with Crippen LogP contribution in [0.25, 0.3) is 0 Å². The van der Waals surface area contributed by atoms with E-state index in [1.807, 2.05) is 0 Å². The lowest BCUT2D eigenvalue weighted by Crippen LogP contribution is -2.21.